The van der Waals surface area contributed by atoms with Crippen molar-refractivity contribution < 1.29 is 22.7 Å². The molecule has 0 aliphatic heterocycles. The van der Waals surface area contributed by atoms with Crippen LogP contribution < -0.4 is 0 Å². The lowest BCUT2D eigenvalue weighted by Gasteiger charge is -2.06. The lowest BCUT2D eigenvalue weighted by molar-refractivity contribution is -0.137. The molecule has 0 aliphatic carbocycles. The van der Waals surface area contributed by atoms with Gasteiger partial charge in [-0.05, 0) is 13.3 Å². The first kappa shape index (κ1) is 13.5. The highest BCUT2D eigenvalue weighted by atomic mass is 19.4. The second-order valence-electron chi connectivity index (χ2n) is 3.66. The Balaban J connectivity index is 2.38. The zero-order chi connectivity index (χ0) is 13.1. The molecule has 0 spiro atoms. The number of halogens is 3. The minimum absolute atomic E-state index is 0.228. The van der Waals surface area contributed by atoms with Crippen molar-refractivity contribution in [3.8, 4) is 0 Å². The van der Waals surface area contributed by atoms with Gasteiger partial charge in [0.2, 0.25) is 0 Å². The molecular formula is C10H13F3N2O2. The fourth-order valence-corrected chi connectivity index (χ4v) is 1.32. The van der Waals surface area contributed by atoms with Crippen LogP contribution in [0.4, 0.5) is 13.2 Å². The Bertz CT molecular complexity index is 399. The van der Waals surface area contributed by atoms with Crippen molar-refractivity contribution in [2.75, 3.05) is 6.61 Å². The van der Waals surface area contributed by atoms with E-state index in [9.17, 15) is 18.0 Å². The van der Waals surface area contributed by atoms with Gasteiger partial charge in [-0.15, -0.1) is 0 Å². The van der Waals surface area contributed by atoms with Gasteiger partial charge in [-0.1, -0.05) is 0 Å². The summed E-state index contributed by atoms with van der Waals surface area (Å²) in [6.45, 7) is 1.39. The maximum Gasteiger partial charge on any atom is 0.389 e. The summed E-state index contributed by atoms with van der Waals surface area (Å²) in [7, 11) is 1.65. The van der Waals surface area contributed by atoms with Crippen molar-refractivity contribution in [2.45, 2.75) is 25.9 Å². The van der Waals surface area contributed by atoms with Gasteiger partial charge < -0.3 is 4.74 Å². The molecule has 0 aliphatic rings. The number of hydrogen-bond donors (Lipinski definition) is 0. The Morgan fingerprint density at radius 2 is 2.18 bits per heavy atom. The fraction of sp³-hybridized carbons (Fsp3) is 0.600. The number of carbonyl (C=O) groups excluding carboxylic acids is 1. The molecule has 17 heavy (non-hydrogen) atoms. The van der Waals surface area contributed by atoms with Gasteiger partial charge in [-0.2, -0.15) is 18.3 Å². The zero-order valence-electron chi connectivity index (χ0n) is 9.54. The summed E-state index contributed by atoms with van der Waals surface area (Å²) in [4.78, 5) is 11.4. The van der Waals surface area contributed by atoms with Gasteiger partial charge in [0.25, 0.3) is 0 Å². The summed E-state index contributed by atoms with van der Waals surface area (Å²) in [5.74, 6) is -0.641. The fourth-order valence-electron chi connectivity index (χ4n) is 1.32. The molecule has 1 rings (SSSR count). The quantitative estimate of drug-likeness (QED) is 0.608. The first-order valence-corrected chi connectivity index (χ1v) is 5.04. The molecule has 0 saturated carbocycles. The van der Waals surface area contributed by atoms with Crippen LogP contribution in [-0.2, 0) is 11.8 Å². The average molecular weight is 250 g/mol. The Hall–Kier alpha value is -1.53. The van der Waals surface area contributed by atoms with Gasteiger partial charge >= 0.3 is 12.1 Å². The number of nitrogens with zero attached hydrogens (tertiary/aromatic N) is 2. The normalized spacial score (nSPS) is 11.6. The van der Waals surface area contributed by atoms with Crippen molar-refractivity contribution >= 4 is 5.97 Å². The van der Waals surface area contributed by atoms with Gasteiger partial charge in [0, 0.05) is 19.7 Å². The third-order valence-corrected chi connectivity index (χ3v) is 2.07. The molecule has 0 radical (unpaired) electrons. The van der Waals surface area contributed by atoms with Gasteiger partial charge in [0.1, 0.15) is 5.56 Å². The smallest absolute Gasteiger partial charge is 0.389 e. The van der Waals surface area contributed by atoms with E-state index < -0.39 is 18.6 Å². The number of hydrogen-bond acceptors (Lipinski definition) is 3. The molecule has 4 nitrogen and oxygen atoms in total. The van der Waals surface area contributed by atoms with Crippen LogP contribution in [0.5, 0.6) is 0 Å². The molecule has 0 unspecified atom stereocenters. The second-order valence-corrected chi connectivity index (χ2v) is 3.66. The first-order valence-electron chi connectivity index (χ1n) is 5.04. The topological polar surface area (TPSA) is 44.1 Å². The maximum absolute atomic E-state index is 11.8. The van der Waals surface area contributed by atoms with Crippen LogP contribution >= 0.6 is 0 Å². The number of rotatable bonds is 4. The number of aromatic nitrogens is 2. The van der Waals surface area contributed by atoms with E-state index in [2.05, 4.69) is 5.10 Å². The van der Waals surface area contributed by atoms with Crippen molar-refractivity contribution in [3.63, 3.8) is 0 Å². The Kier molecular flexibility index (Phi) is 4.14. The predicted molar refractivity (Wildman–Crippen MR) is 53.5 cm³/mol. The SMILES string of the molecule is Cc1nn(C)cc1C(=O)OCCCC(F)(F)F. The van der Waals surface area contributed by atoms with E-state index >= 15 is 0 Å². The minimum atomic E-state index is -4.21. The molecule has 1 aromatic heterocycles. The van der Waals surface area contributed by atoms with Crippen LogP contribution in [0, 0.1) is 6.92 Å². The summed E-state index contributed by atoms with van der Waals surface area (Å²) >= 11 is 0. The van der Waals surface area contributed by atoms with Gasteiger partial charge in [-0.25, -0.2) is 4.79 Å². The van der Waals surface area contributed by atoms with Crippen molar-refractivity contribution in [1.29, 1.82) is 0 Å². The molecule has 0 aromatic carbocycles. The largest absolute Gasteiger partial charge is 0.462 e. The first-order chi connectivity index (χ1) is 7.79. The number of esters is 1. The minimum Gasteiger partial charge on any atom is -0.462 e. The predicted octanol–water partition coefficient (Wildman–Crippen LogP) is 2.23. The van der Waals surface area contributed by atoms with Gasteiger partial charge in [0.15, 0.2) is 0 Å². The van der Waals surface area contributed by atoms with E-state index in [1.54, 1.807) is 14.0 Å². The lowest BCUT2D eigenvalue weighted by Crippen LogP contribution is -2.11. The van der Waals surface area contributed by atoms with E-state index in [0.29, 0.717) is 5.69 Å². The van der Waals surface area contributed by atoms with E-state index in [-0.39, 0.29) is 18.6 Å². The van der Waals surface area contributed by atoms with Crippen LogP contribution in [0.15, 0.2) is 6.20 Å². The highest BCUT2D eigenvalue weighted by Crippen LogP contribution is 2.21. The summed E-state index contributed by atoms with van der Waals surface area (Å²) in [6.07, 6.45) is -3.92. The van der Waals surface area contributed by atoms with Crippen LogP contribution in [0.1, 0.15) is 28.9 Å². The van der Waals surface area contributed by atoms with Crippen LogP contribution in [0.25, 0.3) is 0 Å². The van der Waals surface area contributed by atoms with E-state index in [1.807, 2.05) is 0 Å². The van der Waals surface area contributed by atoms with Crippen molar-refractivity contribution in [3.05, 3.63) is 17.5 Å². The van der Waals surface area contributed by atoms with Gasteiger partial charge in [0.05, 0.1) is 12.3 Å². The van der Waals surface area contributed by atoms with Crippen LogP contribution in [-0.4, -0.2) is 28.5 Å². The Morgan fingerprint density at radius 3 is 2.65 bits per heavy atom. The highest BCUT2D eigenvalue weighted by molar-refractivity contribution is 5.90. The van der Waals surface area contributed by atoms with Crippen molar-refractivity contribution in [1.82, 2.24) is 9.78 Å². The van der Waals surface area contributed by atoms with E-state index in [4.69, 9.17) is 4.74 Å². The molecule has 1 heterocycles. The number of ether oxygens (including phenoxy) is 1. The van der Waals surface area contributed by atoms with E-state index in [0.717, 1.165) is 0 Å². The standard InChI is InChI=1S/C10H13F3N2O2/c1-7-8(6-15(2)14-7)9(16)17-5-3-4-10(11,12)13/h6H,3-5H2,1-2H3. The zero-order valence-corrected chi connectivity index (χ0v) is 9.54. The number of aryl methyl sites for hydroxylation is 2. The molecule has 7 heteroatoms. The molecule has 96 valence electrons. The van der Waals surface area contributed by atoms with E-state index in [1.165, 1.54) is 10.9 Å². The molecule has 0 amide bonds. The molecule has 1 aromatic rings. The van der Waals surface area contributed by atoms with Crippen LogP contribution in [0.2, 0.25) is 0 Å². The molecule has 0 N–H and O–H groups in total. The summed E-state index contributed by atoms with van der Waals surface area (Å²) in [5, 5.41) is 3.94. The third kappa shape index (κ3) is 4.46. The lowest BCUT2D eigenvalue weighted by atomic mass is 10.3. The van der Waals surface area contributed by atoms with Crippen LogP contribution in [0.3, 0.4) is 0 Å². The highest BCUT2D eigenvalue weighted by Gasteiger charge is 2.26. The van der Waals surface area contributed by atoms with Crippen molar-refractivity contribution in [2.24, 2.45) is 7.05 Å². The summed E-state index contributed by atoms with van der Waals surface area (Å²) < 4.78 is 41.6. The molecule has 0 saturated heterocycles. The number of alkyl halides is 3. The van der Waals surface area contributed by atoms with Gasteiger partial charge in [-0.3, -0.25) is 4.68 Å². The number of carbonyl (C=O) groups is 1. The third-order valence-electron chi connectivity index (χ3n) is 2.07. The summed E-state index contributed by atoms with van der Waals surface area (Å²) in [5.41, 5.74) is 0.771. The maximum atomic E-state index is 11.8. The second kappa shape index (κ2) is 5.20. The Morgan fingerprint density at radius 1 is 1.53 bits per heavy atom. The Labute approximate surface area is 96.4 Å². The summed E-state index contributed by atoms with van der Waals surface area (Å²) in [6, 6.07) is 0. The molecular weight excluding hydrogens is 237 g/mol. The molecule has 0 fully saturated rings. The molecule has 0 bridgehead atoms. The average Bonchev–Trinajstić information content (AvgIpc) is 2.51. The molecule has 0 atom stereocenters. The monoisotopic (exact) mass is 250 g/mol.